The quantitative estimate of drug-likeness (QED) is 0.623. The molecule has 5 heteroatoms. The van der Waals surface area contributed by atoms with Crippen LogP contribution in [0.2, 0.25) is 0 Å². The highest BCUT2D eigenvalue weighted by Crippen LogP contribution is 2.29. The van der Waals surface area contributed by atoms with Gasteiger partial charge in [-0.15, -0.1) is 0 Å². The number of rotatable bonds is 3. The first-order valence-electron chi connectivity index (χ1n) is 4.22. The van der Waals surface area contributed by atoms with Crippen LogP contribution in [0.5, 0.6) is 11.5 Å². The maximum absolute atomic E-state index is 9.49. The molecule has 0 aliphatic heterocycles. The summed E-state index contributed by atoms with van der Waals surface area (Å²) in [5.41, 5.74) is 0.304. The van der Waals surface area contributed by atoms with Gasteiger partial charge in [0, 0.05) is 0 Å². The summed E-state index contributed by atoms with van der Waals surface area (Å²) in [5, 5.41) is 36.3. The van der Waals surface area contributed by atoms with E-state index in [-0.39, 0.29) is 11.5 Å². The average molecular weight is 209 g/mol. The molecule has 2 unspecified atom stereocenters. The van der Waals surface area contributed by atoms with Crippen molar-refractivity contribution in [3.05, 3.63) is 23.8 Å². The molecule has 80 valence electrons. The summed E-state index contributed by atoms with van der Waals surface area (Å²) in [6.45, 7) is 0. The average Bonchev–Trinajstić information content (AvgIpc) is 2.27. The largest absolute Gasteiger partial charge is 0.504 e. The number of nitrogens with zero attached hydrogens (tertiary/aromatic N) is 1. The first-order chi connectivity index (χ1) is 7.10. The molecule has 0 aliphatic carbocycles. The van der Waals surface area contributed by atoms with Crippen molar-refractivity contribution in [2.45, 2.75) is 12.2 Å². The van der Waals surface area contributed by atoms with Crippen molar-refractivity contribution in [1.29, 1.82) is 5.26 Å². The topological polar surface area (TPSA) is 93.7 Å². The van der Waals surface area contributed by atoms with Gasteiger partial charge in [0.15, 0.2) is 17.6 Å². The highest BCUT2D eigenvalue weighted by Gasteiger charge is 2.18. The van der Waals surface area contributed by atoms with E-state index in [4.69, 9.17) is 15.1 Å². The third-order valence-corrected chi connectivity index (χ3v) is 1.98. The minimum absolute atomic E-state index is 0.0695. The summed E-state index contributed by atoms with van der Waals surface area (Å²) < 4.78 is 4.82. The smallest absolute Gasteiger partial charge is 0.170 e. The number of phenols is 1. The summed E-state index contributed by atoms with van der Waals surface area (Å²) in [5.74, 6) is 0.108. The molecular formula is C10H11NO4. The van der Waals surface area contributed by atoms with E-state index in [9.17, 15) is 10.2 Å². The number of benzene rings is 1. The summed E-state index contributed by atoms with van der Waals surface area (Å²) in [6.07, 6.45) is -2.82. The number of methoxy groups -OCH3 is 1. The van der Waals surface area contributed by atoms with Crippen LogP contribution < -0.4 is 4.74 Å². The van der Waals surface area contributed by atoms with Gasteiger partial charge in [-0.1, -0.05) is 6.07 Å². The van der Waals surface area contributed by atoms with Crippen LogP contribution in [0.1, 0.15) is 11.7 Å². The van der Waals surface area contributed by atoms with Crippen molar-refractivity contribution in [3.63, 3.8) is 0 Å². The summed E-state index contributed by atoms with van der Waals surface area (Å²) in [4.78, 5) is 0. The van der Waals surface area contributed by atoms with E-state index in [1.807, 2.05) is 0 Å². The molecule has 0 saturated carbocycles. The molecule has 5 nitrogen and oxygen atoms in total. The van der Waals surface area contributed by atoms with E-state index in [1.165, 1.54) is 31.4 Å². The van der Waals surface area contributed by atoms with Crippen LogP contribution in [0, 0.1) is 11.3 Å². The number of hydrogen-bond acceptors (Lipinski definition) is 5. The van der Waals surface area contributed by atoms with Gasteiger partial charge in [0.1, 0.15) is 6.10 Å². The molecule has 1 aromatic rings. The van der Waals surface area contributed by atoms with E-state index in [0.29, 0.717) is 5.56 Å². The first-order valence-corrected chi connectivity index (χ1v) is 4.22. The van der Waals surface area contributed by atoms with Gasteiger partial charge in [-0.25, -0.2) is 0 Å². The Morgan fingerprint density at radius 1 is 1.40 bits per heavy atom. The van der Waals surface area contributed by atoms with Crippen LogP contribution in [0.25, 0.3) is 0 Å². The molecule has 0 saturated heterocycles. The molecule has 0 aliphatic rings. The maximum atomic E-state index is 9.49. The van der Waals surface area contributed by atoms with Gasteiger partial charge < -0.3 is 20.1 Å². The van der Waals surface area contributed by atoms with Gasteiger partial charge in [-0.2, -0.15) is 5.26 Å². The number of aliphatic hydroxyl groups excluding tert-OH is 2. The Bertz CT molecular complexity index is 385. The van der Waals surface area contributed by atoms with Crippen LogP contribution in [0.15, 0.2) is 18.2 Å². The highest BCUT2D eigenvalue weighted by molar-refractivity contribution is 5.42. The molecule has 0 fully saturated rings. The number of hydrogen-bond donors (Lipinski definition) is 3. The number of phenolic OH excluding ortho intramolecular Hbond substituents is 1. The molecule has 0 aromatic heterocycles. The zero-order valence-electron chi connectivity index (χ0n) is 8.08. The lowest BCUT2D eigenvalue weighted by atomic mass is 10.0. The van der Waals surface area contributed by atoms with E-state index in [0.717, 1.165) is 0 Å². The molecule has 1 aromatic carbocycles. The van der Waals surface area contributed by atoms with Crippen molar-refractivity contribution >= 4 is 0 Å². The van der Waals surface area contributed by atoms with Gasteiger partial charge in [0.05, 0.1) is 13.2 Å². The molecule has 3 N–H and O–H groups in total. The molecular weight excluding hydrogens is 198 g/mol. The Labute approximate surface area is 86.8 Å². The molecule has 2 atom stereocenters. The zero-order valence-corrected chi connectivity index (χ0v) is 8.08. The molecule has 15 heavy (non-hydrogen) atoms. The number of aliphatic hydroxyl groups is 2. The van der Waals surface area contributed by atoms with Crippen LogP contribution in [0.4, 0.5) is 0 Å². The lowest BCUT2D eigenvalue weighted by molar-refractivity contribution is 0.0526. The van der Waals surface area contributed by atoms with E-state index < -0.39 is 12.2 Å². The molecule has 0 bridgehead atoms. The first kappa shape index (κ1) is 11.3. The fourth-order valence-corrected chi connectivity index (χ4v) is 1.13. The van der Waals surface area contributed by atoms with E-state index in [1.54, 1.807) is 0 Å². The molecule has 1 rings (SSSR count). The minimum Gasteiger partial charge on any atom is -0.504 e. The third-order valence-electron chi connectivity index (χ3n) is 1.98. The highest BCUT2D eigenvalue weighted by atomic mass is 16.5. The lowest BCUT2D eigenvalue weighted by Gasteiger charge is -2.13. The molecule has 0 heterocycles. The molecule has 0 spiro atoms. The fraction of sp³-hybridized carbons (Fsp3) is 0.300. The number of aromatic hydroxyl groups is 1. The minimum atomic E-state index is -1.50. The zero-order chi connectivity index (χ0) is 11.4. The Morgan fingerprint density at radius 3 is 2.60 bits per heavy atom. The second-order valence-corrected chi connectivity index (χ2v) is 2.95. The molecule has 0 amide bonds. The van der Waals surface area contributed by atoms with Crippen LogP contribution in [-0.2, 0) is 0 Å². The van der Waals surface area contributed by atoms with Gasteiger partial charge >= 0.3 is 0 Å². The lowest BCUT2D eigenvalue weighted by Crippen LogP contribution is -2.15. The van der Waals surface area contributed by atoms with E-state index in [2.05, 4.69) is 0 Å². The van der Waals surface area contributed by atoms with Gasteiger partial charge in [0.25, 0.3) is 0 Å². The standard InChI is InChI=1S/C10H11NO4/c1-15-9-4-6(2-3-7(9)12)10(14)8(13)5-11/h2-4,8,10,12-14H,1H3. The molecule has 0 radical (unpaired) electrons. The third kappa shape index (κ3) is 2.37. The normalized spacial score (nSPS) is 14.0. The Kier molecular flexibility index (Phi) is 3.50. The predicted octanol–water partition coefficient (Wildman–Crippen LogP) is 0.319. The fourth-order valence-electron chi connectivity index (χ4n) is 1.13. The van der Waals surface area contributed by atoms with Gasteiger partial charge in [0.2, 0.25) is 0 Å². The van der Waals surface area contributed by atoms with Crippen molar-refractivity contribution in [3.8, 4) is 17.6 Å². The second kappa shape index (κ2) is 4.64. The van der Waals surface area contributed by atoms with Crippen LogP contribution in [0.3, 0.4) is 0 Å². The Hall–Kier alpha value is -1.77. The predicted molar refractivity (Wildman–Crippen MR) is 51.2 cm³/mol. The summed E-state index contributed by atoms with van der Waals surface area (Å²) >= 11 is 0. The van der Waals surface area contributed by atoms with Gasteiger partial charge in [-0.3, -0.25) is 0 Å². The second-order valence-electron chi connectivity index (χ2n) is 2.95. The van der Waals surface area contributed by atoms with Crippen molar-refractivity contribution in [2.75, 3.05) is 7.11 Å². The maximum Gasteiger partial charge on any atom is 0.170 e. The Morgan fingerprint density at radius 2 is 2.07 bits per heavy atom. The Balaban J connectivity index is 3.01. The summed E-state index contributed by atoms with van der Waals surface area (Å²) in [7, 11) is 1.37. The van der Waals surface area contributed by atoms with Crippen LogP contribution >= 0.6 is 0 Å². The number of ether oxygens (including phenoxy) is 1. The monoisotopic (exact) mass is 209 g/mol. The van der Waals surface area contributed by atoms with Crippen molar-refractivity contribution in [2.24, 2.45) is 0 Å². The van der Waals surface area contributed by atoms with Crippen molar-refractivity contribution < 1.29 is 20.1 Å². The van der Waals surface area contributed by atoms with Crippen molar-refractivity contribution in [1.82, 2.24) is 0 Å². The van der Waals surface area contributed by atoms with Gasteiger partial charge in [-0.05, 0) is 17.7 Å². The van der Waals surface area contributed by atoms with Crippen LogP contribution in [-0.4, -0.2) is 28.5 Å². The number of nitriles is 1. The SMILES string of the molecule is COc1cc(C(O)C(O)C#N)ccc1O. The summed E-state index contributed by atoms with van der Waals surface area (Å²) in [6, 6.07) is 5.61. The van der Waals surface area contributed by atoms with E-state index >= 15 is 0 Å².